The molecule has 2 rings (SSSR count). The number of anilines is 1. The van der Waals surface area contributed by atoms with Gasteiger partial charge in [-0.05, 0) is 6.07 Å². The Bertz CT molecular complexity index is 759. The highest BCUT2D eigenvalue weighted by Gasteiger charge is 2.44. The van der Waals surface area contributed by atoms with Gasteiger partial charge in [-0.25, -0.2) is 0 Å². The van der Waals surface area contributed by atoms with Crippen molar-refractivity contribution in [1.29, 1.82) is 0 Å². The minimum atomic E-state index is -5.05. The zero-order valence-electron chi connectivity index (χ0n) is 10.1. The number of amides is 1. The summed E-state index contributed by atoms with van der Waals surface area (Å²) in [6.45, 7) is 0. The molecule has 22 heavy (non-hydrogen) atoms. The summed E-state index contributed by atoms with van der Waals surface area (Å²) in [5, 5.41) is 22.4. The molecule has 2 N–H and O–H groups in total. The SMILES string of the molecule is O=C1Nc2cc(C(F)(F)F)c(Cl)c([N+](=O)[O-])c2C(=O)/C1=N/O. The number of nitro groups is 1. The van der Waals surface area contributed by atoms with Gasteiger partial charge >= 0.3 is 11.9 Å². The van der Waals surface area contributed by atoms with Gasteiger partial charge in [0.05, 0.1) is 16.2 Å². The fourth-order valence-electron chi connectivity index (χ4n) is 1.84. The van der Waals surface area contributed by atoms with Crippen molar-refractivity contribution in [3.63, 3.8) is 0 Å². The first kappa shape index (κ1) is 15.7. The van der Waals surface area contributed by atoms with Crippen molar-refractivity contribution in [3.8, 4) is 0 Å². The van der Waals surface area contributed by atoms with Crippen molar-refractivity contribution in [3.05, 3.63) is 32.3 Å². The first-order chi connectivity index (χ1) is 10.1. The summed E-state index contributed by atoms with van der Waals surface area (Å²) >= 11 is 5.39. The molecule has 1 heterocycles. The Hall–Kier alpha value is -2.69. The van der Waals surface area contributed by atoms with Crippen molar-refractivity contribution >= 4 is 40.4 Å². The molecule has 1 aliphatic heterocycles. The number of hydrogen-bond donors (Lipinski definition) is 2. The van der Waals surface area contributed by atoms with Gasteiger partial charge in [0.15, 0.2) is 0 Å². The zero-order valence-corrected chi connectivity index (χ0v) is 10.8. The Balaban J connectivity index is 2.89. The number of carbonyl (C=O) groups excluding carboxylic acids is 2. The number of carbonyl (C=O) groups is 2. The molecule has 8 nitrogen and oxygen atoms in total. The van der Waals surface area contributed by atoms with Gasteiger partial charge in [-0.2, -0.15) is 13.2 Å². The number of halogens is 4. The van der Waals surface area contributed by atoms with Crippen LogP contribution in [0.2, 0.25) is 5.02 Å². The molecule has 0 unspecified atom stereocenters. The lowest BCUT2D eigenvalue weighted by atomic mass is 9.95. The van der Waals surface area contributed by atoms with Gasteiger partial charge in [-0.15, -0.1) is 0 Å². The lowest BCUT2D eigenvalue weighted by Crippen LogP contribution is -2.36. The quantitative estimate of drug-likeness (QED) is 0.462. The normalized spacial score (nSPS) is 16.5. The highest BCUT2D eigenvalue weighted by molar-refractivity contribution is 6.73. The number of ketones is 1. The second kappa shape index (κ2) is 4.94. The van der Waals surface area contributed by atoms with Crippen molar-refractivity contribution in [1.82, 2.24) is 0 Å². The zero-order chi connectivity index (χ0) is 16.8. The molecule has 0 atom stereocenters. The first-order valence-electron chi connectivity index (χ1n) is 5.25. The average Bonchev–Trinajstić information content (AvgIpc) is 2.37. The van der Waals surface area contributed by atoms with Crippen LogP contribution in [-0.2, 0) is 11.0 Å². The minimum Gasteiger partial charge on any atom is -0.410 e. The summed E-state index contributed by atoms with van der Waals surface area (Å²) in [6.07, 6.45) is -5.05. The van der Waals surface area contributed by atoms with Crippen LogP contribution in [0.15, 0.2) is 11.2 Å². The third-order valence-electron chi connectivity index (χ3n) is 2.73. The monoisotopic (exact) mass is 337 g/mol. The van der Waals surface area contributed by atoms with Gasteiger partial charge in [0, 0.05) is 0 Å². The van der Waals surface area contributed by atoms with Gasteiger partial charge in [-0.1, -0.05) is 16.8 Å². The number of nitrogens with zero attached hydrogens (tertiary/aromatic N) is 2. The van der Waals surface area contributed by atoms with E-state index in [9.17, 15) is 32.9 Å². The van der Waals surface area contributed by atoms with Crippen LogP contribution in [-0.4, -0.2) is 27.5 Å². The number of nitro benzene ring substituents is 1. The number of benzene rings is 1. The van der Waals surface area contributed by atoms with E-state index >= 15 is 0 Å². The summed E-state index contributed by atoms with van der Waals surface area (Å²) in [7, 11) is 0. The molecular weight excluding hydrogens is 335 g/mol. The third-order valence-corrected chi connectivity index (χ3v) is 3.12. The summed E-state index contributed by atoms with van der Waals surface area (Å²) in [4.78, 5) is 33.0. The number of oxime groups is 1. The highest BCUT2D eigenvalue weighted by atomic mass is 35.5. The second-order valence-corrected chi connectivity index (χ2v) is 4.37. The number of nitrogens with one attached hydrogen (secondary N) is 1. The Labute approximate surface area is 123 Å². The molecular formula is C10H3ClF3N3O5. The Kier molecular flexibility index (Phi) is 3.53. The van der Waals surface area contributed by atoms with E-state index in [0.717, 1.165) is 0 Å². The van der Waals surface area contributed by atoms with E-state index < -0.39 is 56.0 Å². The van der Waals surface area contributed by atoms with Crippen molar-refractivity contribution in [2.45, 2.75) is 6.18 Å². The van der Waals surface area contributed by atoms with Gasteiger partial charge in [0.1, 0.15) is 10.6 Å². The van der Waals surface area contributed by atoms with Crippen LogP contribution in [0, 0.1) is 10.1 Å². The smallest absolute Gasteiger partial charge is 0.410 e. The fraction of sp³-hybridized carbons (Fsp3) is 0.100. The van der Waals surface area contributed by atoms with Gasteiger partial charge in [0.2, 0.25) is 11.5 Å². The van der Waals surface area contributed by atoms with Crippen LogP contribution < -0.4 is 5.32 Å². The average molecular weight is 338 g/mol. The summed E-state index contributed by atoms with van der Waals surface area (Å²) in [6, 6.07) is 0.300. The molecule has 0 spiro atoms. The van der Waals surface area contributed by atoms with E-state index in [1.807, 2.05) is 5.32 Å². The van der Waals surface area contributed by atoms with E-state index in [-0.39, 0.29) is 0 Å². The van der Waals surface area contributed by atoms with E-state index in [1.165, 1.54) is 0 Å². The van der Waals surface area contributed by atoms with Crippen LogP contribution in [0.25, 0.3) is 0 Å². The first-order valence-corrected chi connectivity index (χ1v) is 5.63. The van der Waals surface area contributed by atoms with Crippen LogP contribution in [0.1, 0.15) is 15.9 Å². The molecule has 1 aromatic carbocycles. The van der Waals surface area contributed by atoms with Crippen molar-refractivity contribution in [2.75, 3.05) is 5.32 Å². The number of hydrogen-bond acceptors (Lipinski definition) is 6. The van der Waals surface area contributed by atoms with Gasteiger partial charge in [0.25, 0.3) is 5.91 Å². The number of fused-ring (bicyclic) bond motifs is 1. The van der Waals surface area contributed by atoms with Crippen molar-refractivity contribution < 1.29 is 32.9 Å². The molecule has 1 aromatic rings. The topological polar surface area (TPSA) is 122 Å². The summed E-state index contributed by atoms with van der Waals surface area (Å²) in [5.74, 6) is -2.71. The third kappa shape index (κ3) is 2.24. The predicted molar refractivity (Wildman–Crippen MR) is 65.3 cm³/mol. The highest BCUT2D eigenvalue weighted by Crippen LogP contribution is 2.45. The molecule has 12 heteroatoms. The Morgan fingerprint density at radius 2 is 1.95 bits per heavy atom. The van der Waals surface area contributed by atoms with E-state index in [4.69, 9.17) is 16.8 Å². The molecule has 0 aromatic heterocycles. The summed E-state index contributed by atoms with van der Waals surface area (Å²) in [5.41, 5.74) is -5.66. The largest absolute Gasteiger partial charge is 0.418 e. The second-order valence-electron chi connectivity index (χ2n) is 4.00. The molecule has 0 radical (unpaired) electrons. The van der Waals surface area contributed by atoms with Gasteiger partial charge < -0.3 is 10.5 Å². The molecule has 0 aliphatic carbocycles. The van der Waals surface area contributed by atoms with Crippen molar-refractivity contribution in [2.24, 2.45) is 5.16 Å². The number of Topliss-reactive ketones (excluding diaryl/α,β-unsaturated/α-hetero) is 1. The van der Waals surface area contributed by atoms with E-state index in [1.54, 1.807) is 0 Å². The maximum atomic E-state index is 12.8. The number of rotatable bonds is 1. The lowest BCUT2D eigenvalue weighted by Gasteiger charge is -2.19. The maximum Gasteiger partial charge on any atom is 0.418 e. The Morgan fingerprint density at radius 1 is 1.36 bits per heavy atom. The summed E-state index contributed by atoms with van der Waals surface area (Å²) < 4.78 is 38.5. The molecule has 1 amide bonds. The molecule has 0 saturated carbocycles. The molecule has 0 bridgehead atoms. The van der Waals surface area contributed by atoms with Crippen LogP contribution in [0.5, 0.6) is 0 Å². The van der Waals surface area contributed by atoms with Crippen LogP contribution in [0.3, 0.4) is 0 Å². The van der Waals surface area contributed by atoms with E-state index in [2.05, 4.69) is 5.16 Å². The molecule has 1 aliphatic rings. The maximum absolute atomic E-state index is 12.8. The van der Waals surface area contributed by atoms with Crippen LogP contribution in [0.4, 0.5) is 24.5 Å². The van der Waals surface area contributed by atoms with E-state index in [0.29, 0.717) is 6.07 Å². The standard InChI is InChI=1S/C10H3ClF3N3O5/c11-5-2(10(12,13)14)1-3-4(7(5)17(21)22)8(18)6(16-20)9(19)15-3/h1,20H,(H,15,19)/b16-6-. The Morgan fingerprint density at radius 3 is 2.41 bits per heavy atom. The molecule has 0 saturated heterocycles. The van der Waals surface area contributed by atoms with Gasteiger partial charge in [-0.3, -0.25) is 19.7 Å². The lowest BCUT2D eigenvalue weighted by molar-refractivity contribution is -0.385. The minimum absolute atomic E-state index is 0.300. The molecule has 0 fully saturated rings. The predicted octanol–water partition coefficient (Wildman–Crippen LogP) is 2.23. The van der Waals surface area contributed by atoms with Crippen LogP contribution >= 0.6 is 11.6 Å². The fourth-order valence-corrected chi connectivity index (χ4v) is 2.17. The molecule has 116 valence electrons. The number of alkyl halides is 3.